The lowest BCUT2D eigenvalue weighted by atomic mass is 9.54. The second kappa shape index (κ2) is 4.65. The Morgan fingerprint density at radius 2 is 1.71 bits per heavy atom. The van der Waals surface area contributed by atoms with Crippen LogP contribution in [0.4, 0.5) is 0 Å². The Labute approximate surface area is 106 Å². The summed E-state index contributed by atoms with van der Waals surface area (Å²) in [7, 11) is 0. The van der Waals surface area contributed by atoms with Crippen molar-refractivity contribution in [2.24, 2.45) is 23.7 Å². The molecule has 17 heavy (non-hydrogen) atoms. The Morgan fingerprint density at radius 1 is 1.12 bits per heavy atom. The highest BCUT2D eigenvalue weighted by Gasteiger charge is 2.48. The van der Waals surface area contributed by atoms with E-state index in [1.807, 2.05) is 0 Å². The molecule has 0 amide bonds. The molecule has 0 spiro atoms. The average molecular weight is 231 g/mol. The predicted octanol–water partition coefficient (Wildman–Crippen LogP) is 3.20. The lowest BCUT2D eigenvalue weighted by Gasteiger charge is -2.55. The Bertz CT molecular complexity index is 286. The molecular weight excluding hydrogens is 206 g/mol. The molecule has 4 bridgehead atoms. The summed E-state index contributed by atoms with van der Waals surface area (Å²) in [6.45, 7) is 2.26. The summed E-state index contributed by atoms with van der Waals surface area (Å²) in [4.78, 5) is 0. The van der Waals surface area contributed by atoms with Gasteiger partial charge in [-0.25, -0.2) is 0 Å². The SMILES string of the molecule is C#CCC(CC)NC1C2CC3CC(C2)CC1C3. The molecule has 1 N–H and O–H groups in total. The van der Waals surface area contributed by atoms with Gasteiger partial charge in [0.05, 0.1) is 0 Å². The molecule has 4 rings (SSSR count). The smallest absolute Gasteiger partial charge is 0.0240 e. The predicted molar refractivity (Wildman–Crippen MR) is 71.5 cm³/mol. The standard InChI is InChI=1S/C16H25N/c1-3-5-15(4-2)17-16-13-7-11-6-12(9-13)10-14(16)8-11/h1,11-17H,4-10H2,2H3. The fourth-order valence-electron chi connectivity index (χ4n) is 4.93. The van der Waals surface area contributed by atoms with E-state index in [1.54, 1.807) is 6.42 Å². The van der Waals surface area contributed by atoms with Crippen molar-refractivity contribution in [3.63, 3.8) is 0 Å². The van der Waals surface area contributed by atoms with Crippen molar-refractivity contribution in [1.82, 2.24) is 5.32 Å². The van der Waals surface area contributed by atoms with Crippen LogP contribution in [-0.2, 0) is 0 Å². The summed E-state index contributed by atoms with van der Waals surface area (Å²) in [5, 5.41) is 3.91. The molecule has 4 saturated carbocycles. The van der Waals surface area contributed by atoms with Gasteiger partial charge in [0, 0.05) is 18.5 Å². The largest absolute Gasteiger partial charge is 0.310 e. The summed E-state index contributed by atoms with van der Waals surface area (Å²) in [6.07, 6.45) is 15.1. The van der Waals surface area contributed by atoms with E-state index in [0.29, 0.717) is 6.04 Å². The zero-order chi connectivity index (χ0) is 11.8. The van der Waals surface area contributed by atoms with Crippen LogP contribution in [0.2, 0.25) is 0 Å². The minimum absolute atomic E-state index is 0.558. The Hall–Kier alpha value is -0.480. The van der Waals surface area contributed by atoms with Gasteiger partial charge in [0.15, 0.2) is 0 Å². The van der Waals surface area contributed by atoms with Crippen LogP contribution in [0.1, 0.15) is 51.9 Å². The maximum atomic E-state index is 5.47. The van der Waals surface area contributed by atoms with Crippen LogP contribution < -0.4 is 5.32 Å². The first-order valence-corrected chi connectivity index (χ1v) is 7.49. The fraction of sp³-hybridized carbons (Fsp3) is 0.875. The first kappa shape index (κ1) is 11.6. The highest BCUT2D eigenvalue weighted by molar-refractivity contribution is 5.03. The third-order valence-electron chi connectivity index (χ3n) is 5.51. The van der Waals surface area contributed by atoms with Crippen molar-refractivity contribution in [3.05, 3.63) is 0 Å². The Kier molecular flexibility index (Phi) is 3.17. The maximum absolute atomic E-state index is 5.47. The number of rotatable bonds is 4. The number of nitrogens with one attached hydrogen (secondary N) is 1. The molecule has 0 saturated heterocycles. The van der Waals surface area contributed by atoms with Crippen LogP contribution >= 0.6 is 0 Å². The van der Waals surface area contributed by atoms with Crippen LogP contribution in [0.3, 0.4) is 0 Å². The second-order valence-electron chi connectivity index (χ2n) is 6.64. The van der Waals surface area contributed by atoms with E-state index in [1.165, 1.54) is 32.1 Å². The van der Waals surface area contributed by atoms with Gasteiger partial charge in [0.25, 0.3) is 0 Å². The lowest BCUT2D eigenvalue weighted by molar-refractivity contribution is -0.0176. The minimum Gasteiger partial charge on any atom is -0.310 e. The van der Waals surface area contributed by atoms with E-state index >= 15 is 0 Å². The minimum atomic E-state index is 0.558. The van der Waals surface area contributed by atoms with Crippen molar-refractivity contribution in [2.75, 3.05) is 0 Å². The van der Waals surface area contributed by atoms with Crippen LogP contribution in [-0.4, -0.2) is 12.1 Å². The number of terminal acetylenes is 1. The lowest BCUT2D eigenvalue weighted by Crippen LogP contribution is -2.56. The molecule has 4 aliphatic rings. The van der Waals surface area contributed by atoms with Crippen LogP contribution in [0.25, 0.3) is 0 Å². The van der Waals surface area contributed by atoms with Gasteiger partial charge in [0.2, 0.25) is 0 Å². The van der Waals surface area contributed by atoms with E-state index in [2.05, 4.69) is 18.2 Å². The Balaban J connectivity index is 1.66. The summed E-state index contributed by atoms with van der Waals surface area (Å²) in [5.74, 6) is 6.91. The molecular formula is C16H25N. The Morgan fingerprint density at radius 3 is 2.18 bits per heavy atom. The third kappa shape index (κ3) is 2.13. The second-order valence-corrected chi connectivity index (χ2v) is 6.64. The van der Waals surface area contributed by atoms with Gasteiger partial charge >= 0.3 is 0 Å². The zero-order valence-corrected chi connectivity index (χ0v) is 11.0. The first-order valence-electron chi connectivity index (χ1n) is 7.49. The normalized spacial score (nSPS) is 44.6. The van der Waals surface area contributed by atoms with E-state index in [0.717, 1.165) is 36.1 Å². The van der Waals surface area contributed by atoms with Crippen LogP contribution in [0.5, 0.6) is 0 Å². The maximum Gasteiger partial charge on any atom is 0.0240 e. The van der Waals surface area contributed by atoms with E-state index in [9.17, 15) is 0 Å². The fourth-order valence-corrected chi connectivity index (χ4v) is 4.93. The molecule has 0 aliphatic heterocycles. The van der Waals surface area contributed by atoms with Crippen molar-refractivity contribution in [1.29, 1.82) is 0 Å². The molecule has 0 aromatic carbocycles. The molecule has 1 nitrogen and oxygen atoms in total. The molecule has 1 atom stereocenters. The van der Waals surface area contributed by atoms with Gasteiger partial charge in [-0.1, -0.05) is 6.92 Å². The summed E-state index contributed by atoms with van der Waals surface area (Å²) >= 11 is 0. The first-order chi connectivity index (χ1) is 8.30. The molecule has 4 fully saturated rings. The van der Waals surface area contributed by atoms with Crippen molar-refractivity contribution >= 4 is 0 Å². The number of hydrogen-bond donors (Lipinski definition) is 1. The highest BCUT2D eigenvalue weighted by Crippen LogP contribution is 2.53. The van der Waals surface area contributed by atoms with Gasteiger partial charge in [-0.15, -0.1) is 12.3 Å². The third-order valence-corrected chi connectivity index (χ3v) is 5.51. The van der Waals surface area contributed by atoms with Gasteiger partial charge in [-0.2, -0.15) is 0 Å². The van der Waals surface area contributed by atoms with Gasteiger partial charge < -0.3 is 5.32 Å². The average Bonchev–Trinajstić information content (AvgIpc) is 2.31. The topological polar surface area (TPSA) is 12.0 Å². The monoisotopic (exact) mass is 231 g/mol. The quantitative estimate of drug-likeness (QED) is 0.733. The summed E-state index contributed by atoms with van der Waals surface area (Å²) in [5.41, 5.74) is 0. The molecule has 0 aromatic rings. The van der Waals surface area contributed by atoms with Gasteiger partial charge in [-0.3, -0.25) is 0 Å². The molecule has 94 valence electrons. The number of hydrogen-bond acceptors (Lipinski definition) is 1. The van der Waals surface area contributed by atoms with E-state index in [-0.39, 0.29) is 0 Å². The van der Waals surface area contributed by atoms with Crippen molar-refractivity contribution in [3.8, 4) is 12.3 Å². The molecule has 0 aromatic heterocycles. The van der Waals surface area contributed by atoms with Crippen LogP contribution in [0.15, 0.2) is 0 Å². The van der Waals surface area contributed by atoms with Gasteiger partial charge in [-0.05, 0) is 62.2 Å². The van der Waals surface area contributed by atoms with E-state index < -0.39 is 0 Å². The van der Waals surface area contributed by atoms with Crippen molar-refractivity contribution in [2.45, 2.75) is 64.0 Å². The summed E-state index contributed by atoms with van der Waals surface area (Å²) in [6, 6.07) is 1.35. The van der Waals surface area contributed by atoms with E-state index in [4.69, 9.17) is 6.42 Å². The zero-order valence-electron chi connectivity index (χ0n) is 11.0. The molecule has 0 radical (unpaired) electrons. The molecule has 0 heterocycles. The molecule has 1 unspecified atom stereocenters. The molecule has 1 heteroatoms. The van der Waals surface area contributed by atoms with Gasteiger partial charge in [0.1, 0.15) is 0 Å². The summed E-state index contributed by atoms with van der Waals surface area (Å²) < 4.78 is 0. The molecule has 4 aliphatic carbocycles. The van der Waals surface area contributed by atoms with Crippen molar-refractivity contribution < 1.29 is 0 Å². The highest BCUT2D eigenvalue weighted by atomic mass is 15.0. The van der Waals surface area contributed by atoms with Crippen LogP contribution in [0, 0.1) is 36.0 Å².